The fourth-order valence-electron chi connectivity index (χ4n) is 2.94. The summed E-state index contributed by atoms with van der Waals surface area (Å²) in [5, 5.41) is 8.30. The van der Waals surface area contributed by atoms with Crippen LogP contribution in [0, 0.1) is 0 Å². The number of aliphatic carboxylic acids is 1. The van der Waals surface area contributed by atoms with E-state index in [2.05, 4.69) is 15.9 Å². The molecule has 3 N–H and O–H groups in total. The number of nitrogens with two attached hydrogens (primary N) is 1. The largest absolute Gasteiger partial charge is 0.480 e. The summed E-state index contributed by atoms with van der Waals surface area (Å²) < 4.78 is 26.4. The lowest BCUT2D eigenvalue weighted by molar-refractivity contribution is -0.139. The fourth-order valence-corrected chi connectivity index (χ4v) is 5.46. The van der Waals surface area contributed by atoms with E-state index in [-0.39, 0.29) is 4.90 Å². The minimum absolute atomic E-state index is 0.0840. The van der Waals surface area contributed by atoms with Crippen molar-refractivity contribution in [2.24, 2.45) is 5.73 Å². The van der Waals surface area contributed by atoms with E-state index in [1.165, 1.54) is 12.1 Å². The molecule has 0 aliphatic heterocycles. The van der Waals surface area contributed by atoms with Crippen LogP contribution in [0.1, 0.15) is 11.5 Å². The van der Waals surface area contributed by atoms with Gasteiger partial charge in [0.15, 0.2) is 9.84 Å². The predicted octanol–water partition coefficient (Wildman–Crippen LogP) is 2.17. The van der Waals surface area contributed by atoms with Gasteiger partial charge in [-0.25, -0.2) is 8.42 Å². The molecule has 5 nitrogen and oxygen atoms in total. The molecule has 0 bridgehead atoms. The van der Waals surface area contributed by atoms with Gasteiger partial charge in [0, 0.05) is 10.4 Å². The lowest BCUT2D eigenvalue weighted by Crippen LogP contribution is -2.39. The molecular weight excluding hydrogens is 382 g/mol. The van der Waals surface area contributed by atoms with Crippen molar-refractivity contribution in [3.63, 3.8) is 0 Å². The van der Waals surface area contributed by atoms with E-state index >= 15 is 0 Å². The van der Waals surface area contributed by atoms with Crippen LogP contribution in [0.2, 0.25) is 0 Å². The predicted molar refractivity (Wildman–Crippen MR) is 88.9 cm³/mol. The molecule has 2 aromatic rings. The van der Waals surface area contributed by atoms with Crippen molar-refractivity contribution in [3.05, 3.63) is 64.6 Å². The van der Waals surface area contributed by atoms with Crippen molar-refractivity contribution in [3.8, 4) is 0 Å². The number of carboxylic acid groups (broad SMARTS) is 1. The third-order valence-electron chi connectivity index (χ3n) is 4.18. The van der Waals surface area contributed by atoms with E-state index in [1.807, 2.05) is 0 Å². The lowest BCUT2D eigenvalue weighted by atomic mass is 10.1. The number of halogens is 1. The molecular formula is C16H14BrNO4S. The Morgan fingerprint density at radius 2 is 1.65 bits per heavy atom. The van der Waals surface area contributed by atoms with Crippen LogP contribution in [-0.2, 0) is 14.6 Å². The van der Waals surface area contributed by atoms with Crippen LogP contribution >= 0.6 is 15.9 Å². The molecule has 0 aromatic heterocycles. The number of sulfone groups is 1. The van der Waals surface area contributed by atoms with Crippen molar-refractivity contribution in [2.45, 2.75) is 21.6 Å². The van der Waals surface area contributed by atoms with E-state index in [4.69, 9.17) is 5.73 Å². The molecule has 23 heavy (non-hydrogen) atoms. The van der Waals surface area contributed by atoms with Crippen molar-refractivity contribution in [1.29, 1.82) is 0 Å². The van der Waals surface area contributed by atoms with Crippen LogP contribution in [0.5, 0.6) is 0 Å². The third-order valence-corrected chi connectivity index (χ3v) is 6.97. The second-order valence-electron chi connectivity index (χ2n) is 5.55. The van der Waals surface area contributed by atoms with Crippen molar-refractivity contribution < 1.29 is 18.3 Å². The molecule has 120 valence electrons. The van der Waals surface area contributed by atoms with Gasteiger partial charge >= 0.3 is 5.97 Å². The van der Waals surface area contributed by atoms with Gasteiger partial charge in [0.25, 0.3) is 0 Å². The monoisotopic (exact) mass is 395 g/mol. The second-order valence-corrected chi connectivity index (χ2v) is 8.53. The molecule has 3 atom stereocenters. The van der Waals surface area contributed by atoms with Crippen molar-refractivity contribution in [2.75, 3.05) is 0 Å². The van der Waals surface area contributed by atoms with Crippen molar-refractivity contribution >= 4 is 31.7 Å². The Kier molecular flexibility index (Phi) is 3.82. The van der Waals surface area contributed by atoms with Crippen molar-refractivity contribution in [1.82, 2.24) is 0 Å². The molecule has 0 spiro atoms. The van der Waals surface area contributed by atoms with Gasteiger partial charge in [0.2, 0.25) is 0 Å². The minimum atomic E-state index is -3.84. The first-order valence-corrected chi connectivity index (χ1v) is 9.20. The van der Waals surface area contributed by atoms with Crippen LogP contribution in [0.3, 0.4) is 0 Å². The summed E-state index contributed by atoms with van der Waals surface area (Å²) in [7, 11) is -3.84. The van der Waals surface area contributed by atoms with Gasteiger partial charge in [0.05, 0.1) is 4.90 Å². The van der Waals surface area contributed by atoms with Gasteiger partial charge in [-0.05, 0) is 29.8 Å². The highest BCUT2D eigenvalue weighted by atomic mass is 79.9. The Bertz CT molecular complexity index is 851. The third kappa shape index (κ3) is 2.49. The summed E-state index contributed by atoms with van der Waals surface area (Å²) in [4.78, 5) is 11.7. The highest BCUT2D eigenvalue weighted by Crippen LogP contribution is 2.55. The van der Waals surface area contributed by atoms with Gasteiger partial charge in [-0.15, -0.1) is 0 Å². The first-order valence-electron chi connectivity index (χ1n) is 6.86. The average molecular weight is 396 g/mol. The Balaban J connectivity index is 2.07. The summed E-state index contributed by atoms with van der Waals surface area (Å²) in [6.45, 7) is 0. The van der Waals surface area contributed by atoms with E-state index in [9.17, 15) is 18.3 Å². The molecule has 1 aliphatic carbocycles. The number of carboxylic acids is 1. The first kappa shape index (κ1) is 16.2. The van der Waals surface area contributed by atoms with Gasteiger partial charge in [-0.2, -0.15) is 0 Å². The highest BCUT2D eigenvalue weighted by molar-refractivity contribution is 9.10. The van der Waals surface area contributed by atoms with Crippen LogP contribution in [0.15, 0.2) is 64.0 Å². The second kappa shape index (κ2) is 5.43. The van der Waals surface area contributed by atoms with E-state index in [0.717, 1.165) is 4.47 Å². The van der Waals surface area contributed by atoms with Crippen LogP contribution in [0.25, 0.3) is 0 Å². The highest BCUT2D eigenvalue weighted by Gasteiger charge is 2.74. The molecule has 1 saturated carbocycles. The molecule has 0 unspecified atom stereocenters. The Morgan fingerprint density at radius 1 is 1.09 bits per heavy atom. The zero-order chi connectivity index (χ0) is 16.8. The maximum absolute atomic E-state index is 12.8. The number of hydrogen-bond acceptors (Lipinski definition) is 4. The molecule has 1 fully saturated rings. The topological polar surface area (TPSA) is 97.5 Å². The van der Waals surface area contributed by atoms with Crippen LogP contribution in [0.4, 0.5) is 0 Å². The van der Waals surface area contributed by atoms with E-state index in [1.54, 1.807) is 42.5 Å². The summed E-state index contributed by atoms with van der Waals surface area (Å²) in [6.07, 6.45) is 0. The first-order chi connectivity index (χ1) is 10.8. The smallest absolute Gasteiger partial charge is 0.325 e. The van der Waals surface area contributed by atoms with Gasteiger partial charge < -0.3 is 10.8 Å². The molecule has 2 aromatic carbocycles. The molecule has 0 amide bonds. The summed E-state index contributed by atoms with van der Waals surface area (Å²) in [5.74, 6) is -2.09. The Hall–Kier alpha value is -1.70. The molecule has 0 radical (unpaired) electrons. The summed E-state index contributed by atoms with van der Waals surface area (Å²) in [6, 6.07) is 14.7. The SMILES string of the molecule is N[C@@]1(C(=O)O)[C@H](c2ccc(Br)cc2)[C@@H]1S(=O)(=O)c1ccccc1. The van der Waals surface area contributed by atoms with Crippen LogP contribution < -0.4 is 5.73 Å². The molecule has 7 heteroatoms. The van der Waals surface area contributed by atoms with E-state index < -0.39 is 32.5 Å². The quantitative estimate of drug-likeness (QED) is 0.826. The minimum Gasteiger partial charge on any atom is -0.480 e. The standard InChI is InChI=1S/C16H14BrNO4S/c17-11-8-6-10(7-9-11)13-14(16(13,18)15(19)20)23(21,22)12-4-2-1-3-5-12/h1-9,13-14H,18H2,(H,19,20)/t13-,14+,16+/m1/s1. The van der Waals surface area contributed by atoms with Gasteiger partial charge in [-0.1, -0.05) is 46.3 Å². The lowest BCUT2D eigenvalue weighted by Gasteiger charge is -2.06. The summed E-state index contributed by atoms with van der Waals surface area (Å²) in [5.41, 5.74) is 4.76. The van der Waals surface area contributed by atoms with Gasteiger partial charge in [0.1, 0.15) is 10.8 Å². The van der Waals surface area contributed by atoms with Gasteiger partial charge in [-0.3, -0.25) is 4.79 Å². The fraction of sp³-hybridized carbons (Fsp3) is 0.188. The van der Waals surface area contributed by atoms with E-state index in [0.29, 0.717) is 5.56 Å². The zero-order valence-electron chi connectivity index (χ0n) is 11.9. The maximum atomic E-state index is 12.8. The van der Waals surface area contributed by atoms with Crippen LogP contribution in [-0.4, -0.2) is 30.3 Å². The molecule has 1 aliphatic rings. The Morgan fingerprint density at radius 3 is 2.17 bits per heavy atom. The number of carbonyl (C=O) groups is 1. The maximum Gasteiger partial charge on any atom is 0.325 e. The Labute approximate surface area is 142 Å². The summed E-state index contributed by atoms with van der Waals surface area (Å²) >= 11 is 3.30. The number of hydrogen-bond donors (Lipinski definition) is 2. The normalized spacial score (nSPS) is 26.7. The average Bonchev–Trinajstić information content (AvgIpc) is 3.18. The molecule has 0 saturated heterocycles. The molecule has 0 heterocycles. The number of rotatable bonds is 4. The zero-order valence-corrected chi connectivity index (χ0v) is 14.3. The molecule has 3 rings (SSSR count). The number of benzene rings is 2.